The summed E-state index contributed by atoms with van der Waals surface area (Å²) in [5.74, 6) is 0.609. The third kappa shape index (κ3) is 6.44. The van der Waals surface area contributed by atoms with Crippen LogP contribution in [0.25, 0.3) is 0 Å². The zero-order valence-corrected chi connectivity index (χ0v) is 20.7. The molecule has 4 rings (SSSR count). The van der Waals surface area contributed by atoms with Crippen LogP contribution in [0, 0.1) is 0 Å². The number of halogens is 2. The van der Waals surface area contributed by atoms with Crippen LogP contribution in [0.3, 0.4) is 0 Å². The average Bonchev–Trinajstić information content (AvgIpc) is 2.88. The highest BCUT2D eigenvalue weighted by Crippen LogP contribution is 2.37. The molecule has 9 heteroatoms. The standard InChI is InChI=1S/C26H29Cl2N3O4/c27-20-4-2-19(3-5-20)25-15-30(16-26(34)23-7-1-18(17-33)14-29-23)9-10-31(25)24-8-6-21(13-22(24)28)35-12-11-32/h1-8,13-14,25-26,32-34H,9-12,15-17H2/t25-,26+/m0/s1. The fourth-order valence-corrected chi connectivity index (χ4v) is 4.71. The number of benzene rings is 2. The first-order chi connectivity index (χ1) is 17.0. The number of pyridine rings is 1. The summed E-state index contributed by atoms with van der Waals surface area (Å²) >= 11 is 12.8. The van der Waals surface area contributed by atoms with Gasteiger partial charge in [0.25, 0.3) is 0 Å². The number of aliphatic hydroxyl groups excluding tert-OH is 3. The van der Waals surface area contributed by atoms with E-state index in [0.29, 0.717) is 46.7 Å². The lowest BCUT2D eigenvalue weighted by Gasteiger charge is -2.44. The SMILES string of the molecule is OCCOc1ccc(N2CCN(C[C@@H](O)c3ccc(CO)cn3)C[C@H]2c2ccc(Cl)cc2)c(Cl)c1. The van der Waals surface area contributed by atoms with E-state index in [0.717, 1.165) is 17.8 Å². The highest BCUT2D eigenvalue weighted by molar-refractivity contribution is 6.33. The largest absolute Gasteiger partial charge is 0.491 e. The summed E-state index contributed by atoms with van der Waals surface area (Å²) in [5.41, 5.74) is 3.27. The molecule has 3 N–H and O–H groups in total. The van der Waals surface area contributed by atoms with E-state index in [1.807, 2.05) is 36.4 Å². The molecule has 1 aliphatic rings. The van der Waals surface area contributed by atoms with E-state index in [1.54, 1.807) is 24.4 Å². The van der Waals surface area contributed by atoms with E-state index in [4.69, 9.17) is 33.0 Å². The van der Waals surface area contributed by atoms with Gasteiger partial charge in [0, 0.05) is 43.5 Å². The first-order valence-electron chi connectivity index (χ1n) is 11.5. The summed E-state index contributed by atoms with van der Waals surface area (Å²) in [6.45, 7) is 2.61. The lowest BCUT2D eigenvalue weighted by Crippen LogP contribution is -2.49. The molecule has 1 aliphatic heterocycles. The Morgan fingerprint density at radius 3 is 2.49 bits per heavy atom. The molecule has 7 nitrogen and oxygen atoms in total. The molecule has 0 bridgehead atoms. The van der Waals surface area contributed by atoms with Crippen LogP contribution in [-0.4, -0.2) is 64.6 Å². The van der Waals surface area contributed by atoms with Gasteiger partial charge in [-0.25, -0.2) is 0 Å². The number of nitrogens with zero attached hydrogens (tertiary/aromatic N) is 3. The Hall–Kier alpha value is -2.39. The second-order valence-corrected chi connectivity index (χ2v) is 9.31. The molecule has 186 valence electrons. The van der Waals surface area contributed by atoms with E-state index >= 15 is 0 Å². The maximum atomic E-state index is 10.8. The van der Waals surface area contributed by atoms with E-state index in [9.17, 15) is 10.2 Å². The molecule has 0 spiro atoms. The first kappa shape index (κ1) is 25.7. The number of hydrogen-bond acceptors (Lipinski definition) is 7. The Bertz CT molecular complexity index is 1100. The maximum Gasteiger partial charge on any atom is 0.121 e. The Kier molecular flexibility index (Phi) is 8.83. The van der Waals surface area contributed by atoms with Crippen LogP contribution in [0.4, 0.5) is 5.69 Å². The van der Waals surface area contributed by atoms with Gasteiger partial charge >= 0.3 is 0 Å². The van der Waals surface area contributed by atoms with Crippen molar-refractivity contribution in [2.75, 3.05) is 44.3 Å². The molecule has 2 aromatic carbocycles. The fourth-order valence-electron chi connectivity index (χ4n) is 4.30. The summed E-state index contributed by atoms with van der Waals surface area (Å²) in [6.07, 6.45) is 0.842. The topological polar surface area (TPSA) is 89.3 Å². The number of aromatic nitrogens is 1. The van der Waals surface area contributed by atoms with Gasteiger partial charge < -0.3 is 25.0 Å². The van der Waals surface area contributed by atoms with Gasteiger partial charge in [0.2, 0.25) is 0 Å². The summed E-state index contributed by atoms with van der Waals surface area (Å²) in [4.78, 5) is 8.78. The van der Waals surface area contributed by atoms with Crippen LogP contribution in [0.15, 0.2) is 60.8 Å². The molecule has 1 fully saturated rings. The third-order valence-electron chi connectivity index (χ3n) is 6.11. The van der Waals surface area contributed by atoms with Gasteiger partial charge in [-0.2, -0.15) is 0 Å². The van der Waals surface area contributed by atoms with Crippen molar-refractivity contribution in [1.29, 1.82) is 0 Å². The van der Waals surface area contributed by atoms with Crippen LogP contribution in [0.5, 0.6) is 5.75 Å². The predicted molar refractivity (Wildman–Crippen MR) is 137 cm³/mol. The van der Waals surface area contributed by atoms with Gasteiger partial charge in [0.05, 0.1) is 35.7 Å². The molecular weight excluding hydrogens is 489 g/mol. The first-order valence-corrected chi connectivity index (χ1v) is 12.3. The van der Waals surface area contributed by atoms with Gasteiger partial charge in [0.15, 0.2) is 0 Å². The minimum atomic E-state index is -0.744. The van der Waals surface area contributed by atoms with Crippen molar-refractivity contribution in [3.63, 3.8) is 0 Å². The van der Waals surface area contributed by atoms with Gasteiger partial charge in [-0.05, 0) is 41.5 Å². The van der Waals surface area contributed by atoms with Crippen molar-refractivity contribution >= 4 is 28.9 Å². The second kappa shape index (κ2) is 12.0. The summed E-state index contributed by atoms with van der Waals surface area (Å²) in [5, 5.41) is 30.3. The number of piperazine rings is 1. The summed E-state index contributed by atoms with van der Waals surface area (Å²) in [6, 6.07) is 16.9. The normalized spacial score (nSPS) is 17.4. The number of anilines is 1. The van der Waals surface area contributed by atoms with Crippen molar-refractivity contribution in [3.05, 3.63) is 87.7 Å². The van der Waals surface area contributed by atoms with Crippen molar-refractivity contribution < 1.29 is 20.1 Å². The minimum absolute atomic E-state index is 0.0142. The van der Waals surface area contributed by atoms with Crippen LogP contribution < -0.4 is 9.64 Å². The molecule has 3 aromatic rings. The van der Waals surface area contributed by atoms with Crippen LogP contribution in [0.1, 0.15) is 29.0 Å². The second-order valence-electron chi connectivity index (χ2n) is 8.47. The van der Waals surface area contributed by atoms with Crippen LogP contribution in [-0.2, 0) is 6.61 Å². The number of hydrogen-bond donors (Lipinski definition) is 3. The predicted octanol–water partition coefficient (Wildman–Crippen LogP) is 3.85. The van der Waals surface area contributed by atoms with Crippen LogP contribution >= 0.6 is 23.2 Å². The van der Waals surface area contributed by atoms with E-state index in [-0.39, 0.29) is 25.9 Å². The maximum absolute atomic E-state index is 10.8. The van der Waals surface area contributed by atoms with E-state index < -0.39 is 6.10 Å². The summed E-state index contributed by atoms with van der Waals surface area (Å²) < 4.78 is 5.50. The average molecular weight is 518 g/mol. The minimum Gasteiger partial charge on any atom is -0.491 e. The molecule has 0 unspecified atom stereocenters. The zero-order valence-electron chi connectivity index (χ0n) is 19.2. The molecule has 1 saturated heterocycles. The molecule has 35 heavy (non-hydrogen) atoms. The van der Waals surface area contributed by atoms with Gasteiger partial charge in [-0.3, -0.25) is 9.88 Å². The molecule has 2 atom stereocenters. The molecule has 2 heterocycles. The quantitative estimate of drug-likeness (QED) is 0.397. The van der Waals surface area contributed by atoms with Gasteiger partial charge in [-0.15, -0.1) is 0 Å². The van der Waals surface area contributed by atoms with Crippen molar-refractivity contribution in [2.45, 2.75) is 18.8 Å². The molecule has 1 aromatic heterocycles. The Morgan fingerprint density at radius 1 is 1.03 bits per heavy atom. The Labute approximate surface area is 215 Å². The Morgan fingerprint density at radius 2 is 1.83 bits per heavy atom. The Balaban J connectivity index is 1.54. The van der Waals surface area contributed by atoms with Crippen molar-refractivity contribution in [1.82, 2.24) is 9.88 Å². The van der Waals surface area contributed by atoms with Crippen LogP contribution in [0.2, 0.25) is 10.0 Å². The number of aliphatic hydroxyl groups is 3. The third-order valence-corrected chi connectivity index (χ3v) is 6.67. The summed E-state index contributed by atoms with van der Waals surface area (Å²) in [7, 11) is 0. The molecule has 0 saturated carbocycles. The van der Waals surface area contributed by atoms with Gasteiger partial charge in [-0.1, -0.05) is 41.4 Å². The number of ether oxygens (including phenoxy) is 1. The number of rotatable bonds is 9. The van der Waals surface area contributed by atoms with E-state index in [2.05, 4.69) is 14.8 Å². The highest BCUT2D eigenvalue weighted by Gasteiger charge is 2.31. The molecule has 0 aliphatic carbocycles. The molecule has 0 amide bonds. The molecular formula is C26H29Cl2N3O4. The highest BCUT2D eigenvalue weighted by atomic mass is 35.5. The lowest BCUT2D eigenvalue weighted by molar-refractivity contribution is 0.0975. The van der Waals surface area contributed by atoms with Crippen molar-refractivity contribution in [3.8, 4) is 5.75 Å². The molecule has 0 radical (unpaired) electrons. The zero-order chi connectivity index (χ0) is 24.8. The van der Waals surface area contributed by atoms with E-state index in [1.165, 1.54) is 0 Å². The fraction of sp³-hybridized carbons (Fsp3) is 0.346. The number of β-amino-alcohol motifs (C(OH)–C–C–N with tert-alkyl or cyclic N) is 1. The lowest BCUT2D eigenvalue weighted by atomic mass is 10.0. The smallest absolute Gasteiger partial charge is 0.121 e. The van der Waals surface area contributed by atoms with Crippen molar-refractivity contribution in [2.24, 2.45) is 0 Å². The monoisotopic (exact) mass is 517 g/mol. The van der Waals surface area contributed by atoms with Gasteiger partial charge in [0.1, 0.15) is 18.5 Å².